The number of hydrogen-bond donors (Lipinski definition) is 2. The molecular weight excluding hydrogens is 334 g/mol. The van der Waals surface area contributed by atoms with Gasteiger partial charge in [-0.3, -0.25) is 14.8 Å². The zero-order valence-corrected chi connectivity index (χ0v) is 14.9. The molecule has 0 aromatic carbocycles. The second kappa shape index (κ2) is 9.26. The van der Waals surface area contributed by atoms with Crippen LogP contribution in [0.5, 0.6) is 11.6 Å². The van der Waals surface area contributed by atoms with Crippen molar-refractivity contribution < 1.29 is 14.3 Å². The highest BCUT2D eigenvalue weighted by Gasteiger charge is 2.13. The van der Waals surface area contributed by atoms with Crippen molar-refractivity contribution in [2.45, 2.75) is 26.5 Å². The summed E-state index contributed by atoms with van der Waals surface area (Å²) < 4.78 is 10.7. The van der Waals surface area contributed by atoms with E-state index in [1.54, 1.807) is 18.5 Å². The smallest absolute Gasteiger partial charge is 0.213 e. The largest absolute Gasteiger partial charge is 0.485 e. The van der Waals surface area contributed by atoms with E-state index in [0.29, 0.717) is 40.6 Å². The first-order chi connectivity index (χ1) is 12.6. The highest BCUT2D eigenvalue weighted by molar-refractivity contribution is 5.82. The van der Waals surface area contributed by atoms with Crippen molar-refractivity contribution in [3.8, 4) is 11.6 Å². The normalized spacial score (nSPS) is 11.2. The zero-order chi connectivity index (χ0) is 18.9. The molecule has 0 aliphatic heterocycles. The van der Waals surface area contributed by atoms with Crippen molar-refractivity contribution in [3.63, 3.8) is 0 Å². The monoisotopic (exact) mass is 355 g/mol. The van der Waals surface area contributed by atoms with Gasteiger partial charge < -0.3 is 20.2 Å². The molecule has 0 atom stereocenters. The van der Waals surface area contributed by atoms with Gasteiger partial charge in [-0.2, -0.15) is 0 Å². The first-order valence-corrected chi connectivity index (χ1v) is 7.98. The Morgan fingerprint density at radius 3 is 2.73 bits per heavy atom. The van der Waals surface area contributed by atoms with Gasteiger partial charge in [0, 0.05) is 30.7 Å². The summed E-state index contributed by atoms with van der Waals surface area (Å²) in [5, 5.41) is 10.6. The number of ether oxygens (including phenoxy) is 2. The summed E-state index contributed by atoms with van der Waals surface area (Å²) in [5.41, 5.74) is 2.16. The second-order valence-electron chi connectivity index (χ2n) is 5.57. The van der Waals surface area contributed by atoms with Crippen molar-refractivity contribution >= 4 is 18.2 Å². The van der Waals surface area contributed by atoms with Crippen LogP contribution in [0.2, 0.25) is 0 Å². The number of carbonyl (C=O) groups is 1. The molecule has 2 aromatic rings. The van der Waals surface area contributed by atoms with Gasteiger partial charge in [-0.15, -0.1) is 0 Å². The number of aromatic nitrogens is 3. The number of pyridine rings is 1. The van der Waals surface area contributed by atoms with Gasteiger partial charge in [0.05, 0.1) is 24.6 Å². The lowest BCUT2D eigenvalue weighted by atomic mass is 10.2. The van der Waals surface area contributed by atoms with Crippen molar-refractivity contribution in [1.82, 2.24) is 20.3 Å². The van der Waals surface area contributed by atoms with Crippen LogP contribution < -0.4 is 14.8 Å². The summed E-state index contributed by atoms with van der Waals surface area (Å²) in [4.78, 5) is 24.0. The van der Waals surface area contributed by atoms with E-state index in [9.17, 15) is 4.79 Å². The SMILES string of the molecule is COc1cc(C=O)c(OCc2nccnc2/C(=C/C=N)NC(C)C)cn1. The van der Waals surface area contributed by atoms with Gasteiger partial charge in [-0.25, -0.2) is 4.98 Å². The van der Waals surface area contributed by atoms with E-state index in [-0.39, 0.29) is 12.6 Å². The molecule has 0 aliphatic rings. The van der Waals surface area contributed by atoms with Gasteiger partial charge in [-0.1, -0.05) is 0 Å². The fraction of sp³-hybridized carbons (Fsp3) is 0.278. The Hall–Kier alpha value is -3.29. The molecular formula is C18H21N5O3. The van der Waals surface area contributed by atoms with Gasteiger partial charge in [0.1, 0.15) is 23.7 Å². The molecule has 8 heteroatoms. The molecule has 2 N–H and O–H groups in total. The fourth-order valence-corrected chi connectivity index (χ4v) is 2.20. The van der Waals surface area contributed by atoms with Crippen molar-refractivity contribution in [2.24, 2.45) is 0 Å². The average molecular weight is 355 g/mol. The first-order valence-electron chi connectivity index (χ1n) is 7.98. The third-order valence-corrected chi connectivity index (χ3v) is 3.30. The molecule has 0 unspecified atom stereocenters. The summed E-state index contributed by atoms with van der Waals surface area (Å²) in [5.74, 6) is 0.656. The highest BCUT2D eigenvalue weighted by Crippen LogP contribution is 2.22. The maximum atomic E-state index is 11.3. The van der Waals surface area contributed by atoms with Crippen LogP contribution in [-0.2, 0) is 6.61 Å². The standard InChI is InChI=1S/C18H21N5O3/c1-12(2)23-14(4-5-19)18-15(20-6-7-21-18)11-26-16-9-22-17(25-3)8-13(16)10-24/h4-10,12,19,23H,11H2,1-3H3/b14-4-,19-5?. The summed E-state index contributed by atoms with van der Waals surface area (Å²) in [6.45, 7) is 4.07. The molecule has 26 heavy (non-hydrogen) atoms. The fourth-order valence-electron chi connectivity index (χ4n) is 2.20. The molecule has 8 nitrogen and oxygen atoms in total. The number of nitrogens with zero attached hydrogens (tertiary/aromatic N) is 3. The van der Waals surface area contributed by atoms with E-state index in [4.69, 9.17) is 14.9 Å². The molecule has 0 spiro atoms. The summed E-state index contributed by atoms with van der Waals surface area (Å²) in [7, 11) is 1.47. The lowest BCUT2D eigenvalue weighted by molar-refractivity contribution is 0.111. The zero-order valence-electron chi connectivity index (χ0n) is 14.9. The molecule has 0 fully saturated rings. The lowest BCUT2D eigenvalue weighted by Gasteiger charge is -2.16. The van der Waals surface area contributed by atoms with E-state index in [0.717, 1.165) is 0 Å². The van der Waals surface area contributed by atoms with E-state index in [2.05, 4.69) is 20.3 Å². The van der Waals surface area contributed by atoms with Gasteiger partial charge in [0.25, 0.3) is 0 Å². The summed E-state index contributed by atoms with van der Waals surface area (Å²) in [6.07, 6.45) is 8.04. The number of allylic oxidation sites excluding steroid dienone is 1. The second-order valence-corrected chi connectivity index (χ2v) is 5.57. The molecule has 2 aromatic heterocycles. The Labute approximate surface area is 151 Å². The Balaban J connectivity index is 2.27. The lowest BCUT2D eigenvalue weighted by Crippen LogP contribution is -2.23. The van der Waals surface area contributed by atoms with Crippen LogP contribution >= 0.6 is 0 Å². The number of hydrogen-bond acceptors (Lipinski definition) is 8. The molecule has 0 saturated heterocycles. The molecule has 0 amide bonds. The number of aldehydes is 1. The summed E-state index contributed by atoms with van der Waals surface area (Å²) in [6, 6.07) is 1.66. The molecule has 0 radical (unpaired) electrons. The van der Waals surface area contributed by atoms with Gasteiger partial charge in [0.15, 0.2) is 6.29 Å². The maximum Gasteiger partial charge on any atom is 0.213 e. The first kappa shape index (κ1) is 19.0. The number of methoxy groups -OCH3 is 1. The van der Waals surface area contributed by atoms with Crippen LogP contribution in [0.3, 0.4) is 0 Å². The predicted octanol–water partition coefficient (Wildman–Crippen LogP) is 2.26. The number of nitrogens with one attached hydrogen (secondary N) is 2. The molecule has 0 aliphatic carbocycles. The van der Waals surface area contributed by atoms with Crippen LogP contribution in [0.25, 0.3) is 5.70 Å². The minimum Gasteiger partial charge on any atom is -0.485 e. The van der Waals surface area contributed by atoms with Crippen LogP contribution in [-0.4, -0.2) is 40.6 Å². The van der Waals surface area contributed by atoms with Crippen LogP contribution in [0.15, 0.2) is 30.7 Å². The van der Waals surface area contributed by atoms with E-state index < -0.39 is 0 Å². The van der Waals surface area contributed by atoms with E-state index in [1.807, 2.05) is 13.8 Å². The maximum absolute atomic E-state index is 11.3. The van der Waals surface area contributed by atoms with Gasteiger partial charge >= 0.3 is 0 Å². The quantitative estimate of drug-likeness (QED) is 0.524. The third kappa shape index (κ3) is 4.85. The van der Waals surface area contributed by atoms with Crippen LogP contribution in [0.4, 0.5) is 0 Å². The Kier molecular flexibility index (Phi) is 6.78. The Bertz CT molecular complexity index is 805. The van der Waals surface area contributed by atoms with E-state index >= 15 is 0 Å². The highest BCUT2D eigenvalue weighted by atomic mass is 16.5. The molecule has 2 rings (SSSR count). The predicted molar refractivity (Wildman–Crippen MR) is 97.6 cm³/mol. The van der Waals surface area contributed by atoms with E-state index in [1.165, 1.54) is 25.6 Å². The number of carbonyl (C=O) groups excluding carboxylic acids is 1. The minimum absolute atomic E-state index is 0.0904. The number of rotatable bonds is 9. The van der Waals surface area contributed by atoms with Gasteiger partial charge in [0.2, 0.25) is 5.88 Å². The Morgan fingerprint density at radius 1 is 1.31 bits per heavy atom. The molecule has 136 valence electrons. The van der Waals surface area contributed by atoms with Crippen molar-refractivity contribution in [3.05, 3.63) is 47.7 Å². The van der Waals surface area contributed by atoms with Crippen LogP contribution in [0, 0.1) is 5.41 Å². The van der Waals surface area contributed by atoms with Crippen molar-refractivity contribution in [2.75, 3.05) is 7.11 Å². The Morgan fingerprint density at radius 2 is 2.08 bits per heavy atom. The molecule has 0 bridgehead atoms. The van der Waals surface area contributed by atoms with Crippen molar-refractivity contribution in [1.29, 1.82) is 5.41 Å². The average Bonchev–Trinajstić information content (AvgIpc) is 2.65. The van der Waals surface area contributed by atoms with Gasteiger partial charge in [-0.05, 0) is 19.9 Å². The summed E-state index contributed by atoms with van der Waals surface area (Å²) >= 11 is 0. The minimum atomic E-state index is 0.0904. The van der Waals surface area contributed by atoms with Crippen LogP contribution in [0.1, 0.15) is 35.6 Å². The molecule has 2 heterocycles. The third-order valence-electron chi connectivity index (χ3n) is 3.30. The topological polar surface area (TPSA) is 110 Å². The molecule has 0 saturated carbocycles.